The molecule has 0 saturated heterocycles. The van der Waals surface area contributed by atoms with Crippen LogP contribution in [0.25, 0.3) is 71.8 Å². The number of hydrogen-bond acceptors (Lipinski definition) is 2. The van der Waals surface area contributed by atoms with Crippen molar-refractivity contribution in [3.05, 3.63) is 146 Å². The van der Waals surface area contributed by atoms with Crippen molar-refractivity contribution in [2.45, 2.75) is 0 Å². The first-order valence-corrected chi connectivity index (χ1v) is 14.2. The topological polar surface area (TPSA) is 27.1 Å². The highest BCUT2D eigenvalue weighted by molar-refractivity contribution is 6.10. The van der Waals surface area contributed by atoms with Crippen LogP contribution in [0.4, 0.5) is 0 Å². The Morgan fingerprint density at radius 3 is 2.12 bits per heavy atom. The molecule has 6 aromatic carbocycles. The van der Waals surface area contributed by atoms with Crippen molar-refractivity contribution in [1.82, 2.24) is 9.55 Å². The molecule has 3 heterocycles. The average Bonchev–Trinajstić information content (AvgIpc) is 3.39. The van der Waals surface area contributed by atoms with Gasteiger partial charge in [-0.3, -0.25) is 4.57 Å². The molecule has 1 aliphatic rings. The van der Waals surface area contributed by atoms with E-state index >= 15 is 0 Å². The van der Waals surface area contributed by atoms with E-state index in [1.54, 1.807) is 0 Å². The Kier molecular flexibility index (Phi) is 4.90. The van der Waals surface area contributed by atoms with Crippen LogP contribution in [0.2, 0.25) is 0 Å². The summed E-state index contributed by atoms with van der Waals surface area (Å²) >= 11 is 0. The Bertz CT molecular complexity index is 2310. The number of fused-ring (bicyclic) bond motifs is 5. The average molecular weight is 537 g/mol. The Balaban J connectivity index is 1.18. The maximum atomic E-state index is 6.35. The van der Waals surface area contributed by atoms with Gasteiger partial charge in [-0.15, -0.1) is 0 Å². The van der Waals surface area contributed by atoms with E-state index in [9.17, 15) is 0 Å². The third kappa shape index (κ3) is 3.44. The number of para-hydroxylation sites is 1. The van der Waals surface area contributed by atoms with E-state index in [1.165, 1.54) is 38.2 Å². The summed E-state index contributed by atoms with van der Waals surface area (Å²) in [5.41, 5.74) is 9.24. The molecule has 2 aromatic heterocycles. The lowest BCUT2D eigenvalue weighted by Gasteiger charge is -2.22. The summed E-state index contributed by atoms with van der Waals surface area (Å²) in [6.45, 7) is 0. The van der Waals surface area contributed by atoms with Gasteiger partial charge in [-0.05, 0) is 76.2 Å². The van der Waals surface area contributed by atoms with Gasteiger partial charge >= 0.3 is 0 Å². The maximum absolute atomic E-state index is 6.35. The van der Waals surface area contributed by atoms with Gasteiger partial charge in [0.15, 0.2) is 0 Å². The molecule has 0 radical (unpaired) electrons. The molecule has 0 spiro atoms. The number of nitrogens with zero attached hydrogens (tertiary/aromatic N) is 2. The van der Waals surface area contributed by atoms with Gasteiger partial charge in [0.2, 0.25) is 0 Å². The molecule has 0 aliphatic carbocycles. The highest BCUT2D eigenvalue weighted by atomic mass is 16.5. The summed E-state index contributed by atoms with van der Waals surface area (Å²) in [6.07, 6.45) is 1.97. The molecule has 3 nitrogen and oxygen atoms in total. The number of benzene rings is 6. The number of pyridine rings is 1. The fraction of sp³-hybridized carbons (Fsp3) is 0. The Labute approximate surface area is 242 Å². The third-order valence-electron chi connectivity index (χ3n) is 8.45. The Hall–Kier alpha value is -5.67. The zero-order chi connectivity index (χ0) is 27.6. The SMILES string of the molecule is c1ccc(-c2ccc(-n3c4ccccc4c4cc(-c5ccc6c(c5)-c5cccc7cccc(c57)O6)ccc43)nc2)cc1. The maximum Gasteiger partial charge on any atom is 0.137 e. The lowest BCUT2D eigenvalue weighted by atomic mass is 9.92. The van der Waals surface area contributed by atoms with Crippen LogP contribution in [0.5, 0.6) is 11.5 Å². The standard InChI is InChI=1S/C39H24N2O/c1-2-8-25(9-3-1)29-18-21-38(40-24-29)41-34-14-5-4-12-30(34)32-22-27(16-19-35(32)41)28-17-20-36-33(23-28)31-13-6-10-26-11-7-15-37(42-36)39(26)31/h1-24H. The molecular formula is C39H24N2O. The molecule has 0 bridgehead atoms. The van der Waals surface area contributed by atoms with E-state index in [0.29, 0.717) is 0 Å². The van der Waals surface area contributed by atoms with Crippen molar-refractivity contribution < 1.29 is 4.74 Å². The lowest BCUT2D eigenvalue weighted by Crippen LogP contribution is -1.97. The van der Waals surface area contributed by atoms with E-state index in [1.807, 2.05) is 12.3 Å². The van der Waals surface area contributed by atoms with Crippen LogP contribution in [0, 0.1) is 0 Å². The summed E-state index contributed by atoms with van der Waals surface area (Å²) in [7, 11) is 0. The van der Waals surface area contributed by atoms with Crippen molar-refractivity contribution in [2.24, 2.45) is 0 Å². The van der Waals surface area contributed by atoms with Gasteiger partial charge in [-0.25, -0.2) is 4.98 Å². The van der Waals surface area contributed by atoms with Crippen molar-refractivity contribution in [3.8, 4) is 50.7 Å². The van der Waals surface area contributed by atoms with Crippen LogP contribution in [-0.4, -0.2) is 9.55 Å². The van der Waals surface area contributed by atoms with Crippen LogP contribution in [-0.2, 0) is 0 Å². The molecule has 0 unspecified atom stereocenters. The summed E-state index contributed by atoms with van der Waals surface area (Å²) in [6, 6.07) is 49.3. The van der Waals surface area contributed by atoms with Gasteiger partial charge in [-0.2, -0.15) is 0 Å². The molecule has 8 aromatic rings. The van der Waals surface area contributed by atoms with Gasteiger partial charge in [0, 0.05) is 33.5 Å². The number of rotatable bonds is 3. The molecule has 0 N–H and O–H groups in total. The third-order valence-corrected chi connectivity index (χ3v) is 8.45. The molecule has 9 rings (SSSR count). The van der Waals surface area contributed by atoms with Crippen molar-refractivity contribution in [1.29, 1.82) is 0 Å². The zero-order valence-corrected chi connectivity index (χ0v) is 22.7. The summed E-state index contributed by atoms with van der Waals surface area (Å²) in [5.74, 6) is 2.72. The summed E-state index contributed by atoms with van der Waals surface area (Å²) in [4.78, 5) is 4.91. The van der Waals surface area contributed by atoms with Crippen LogP contribution in [0.1, 0.15) is 0 Å². The Morgan fingerprint density at radius 1 is 0.476 bits per heavy atom. The van der Waals surface area contributed by atoms with Crippen molar-refractivity contribution in [2.75, 3.05) is 0 Å². The molecule has 1 aliphatic heterocycles. The molecule has 42 heavy (non-hydrogen) atoms. The molecule has 0 atom stereocenters. The molecular weight excluding hydrogens is 512 g/mol. The highest BCUT2D eigenvalue weighted by Crippen LogP contribution is 2.47. The predicted octanol–water partition coefficient (Wildman–Crippen LogP) is 10.4. The second-order valence-electron chi connectivity index (χ2n) is 10.8. The molecule has 0 fully saturated rings. The number of hydrogen-bond donors (Lipinski definition) is 0. The highest BCUT2D eigenvalue weighted by Gasteiger charge is 2.21. The predicted molar refractivity (Wildman–Crippen MR) is 172 cm³/mol. The lowest BCUT2D eigenvalue weighted by molar-refractivity contribution is 0.487. The minimum Gasteiger partial charge on any atom is -0.456 e. The van der Waals surface area contributed by atoms with E-state index in [-0.39, 0.29) is 0 Å². The van der Waals surface area contributed by atoms with Crippen LogP contribution >= 0.6 is 0 Å². The van der Waals surface area contributed by atoms with Gasteiger partial charge in [0.1, 0.15) is 17.3 Å². The Morgan fingerprint density at radius 2 is 1.24 bits per heavy atom. The fourth-order valence-corrected chi connectivity index (χ4v) is 6.46. The molecule has 196 valence electrons. The van der Waals surface area contributed by atoms with Crippen LogP contribution in [0.15, 0.2) is 146 Å². The normalized spacial score (nSPS) is 12.0. The zero-order valence-electron chi connectivity index (χ0n) is 22.7. The van der Waals surface area contributed by atoms with E-state index in [0.717, 1.165) is 45.0 Å². The molecule has 0 saturated carbocycles. The van der Waals surface area contributed by atoms with Gasteiger partial charge in [-0.1, -0.05) is 91.0 Å². The first-order chi connectivity index (χ1) is 20.8. The smallest absolute Gasteiger partial charge is 0.137 e. The van der Waals surface area contributed by atoms with E-state index < -0.39 is 0 Å². The van der Waals surface area contributed by atoms with Gasteiger partial charge in [0.05, 0.1) is 11.0 Å². The fourth-order valence-electron chi connectivity index (χ4n) is 6.46. The first-order valence-electron chi connectivity index (χ1n) is 14.2. The number of aromatic nitrogens is 2. The summed E-state index contributed by atoms with van der Waals surface area (Å²) in [5, 5.41) is 4.79. The van der Waals surface area contributed by atoms with Crippen LogP contribution in [0.3, 0.4) is 0 Å². The van der Waals surface area contributed by atoms with Gasteiger partial charge in [0.25, 0.3) is 0 Å². The molecule has 3 heteroatoms. The first kappa shape index (κ1) is 23.1. The largest absolute Gasteiger partial charge is 0.456 e. The molecule has 0 amide bonds. The van der Waals surface area contributed by atoms with E-state index in [4.69, 9.17) is 9.72 Å². The second-order valence-corrected chi connectivity index (χ2v) is 10.8. The van der Waals surface area contributed by atoms with Crippen molar-refractivity contribution in [3.63, 3.8) is 0 Å². The van der Waals surface area contributed by atoms with Crippen LogP contribution < -0.4 is 4.74 Å². The number of ether oxygens (including phenoxy) is 1. The minimum absolute atomic E-state index is 0.896. The monoisotopic (exact) mass is 536 g/mol. The van der Waals surface area contributed by atoms with E-state index in [2.05, 4.69) is 138 Å². The summed E-state index contributed by atoms with van der Waals surface area (Å²) < 4.78 is 8.61. The quantitative estimate of drug-likeness (QED) is 0.225. The van der Waals surface area contributed by atoms with Gasteiger partial charge < -0.3 is 4.74 Å². The van der Waals surface area contributed by atoms with Crippen molar-refractivity contribution >= 4 is 32.6 Å². The second kappa shape index (κ2) is 8.92. The minimum atomic E-state index is 0.896.